The van der Waals surface area contributed by atoms with Crippen molar-refractivity contribution in [2.45, 2.75) is 26.9 Å². The maximum Gasteiger partial charge on any atom is 0.330 e. The first-order chi connectivity index (χ1) is 13.8. The van der Waals surface area contributed by atoms with Crippen LogP contribution in [0.15, 0.2) is 38.6 Å². The molecule has 9 nitrogen and oxygen atoms in total. The van der Waals surface area contributed by atoms with Crippen molar-refractivity contribution < 1.29 is 9.59 Å². The number of aromatic amines is 1. The monoisotopic (exact) mass is 457 g/mol. The van der Waals surface area contributed by atoms with Crippen LogP contribution in [0.2, 0.25) is 0 Å². The number of fused-ring (bicyclic) bond motifs is 1. The Balaban J connectivity index is 1.99. The molecule has 0 saturated carbocycles. The Hall–Kier alpha value is -3.45. The SMILES string of the molecule is CC#CCn1c(Br)nc2[nH]c(=O)n(CC(=O)Nc3ccccc3C(C)=O)c(=O)c21. The highest BCUT2D eigenvalue weighted by molar-refractivity contribution is 9.10. The lowest BCUT2D eigenvalue weighted by Crippen LogP contribution is -2.39. The van der Waals surface area contributed by atoms with Gasteiger partial charge in [-0.3, -0.25) is 19.4 Å². The third-order valence-corrected chi connectivity index (χ3v) is 4.74. The number of imidazole rings is 1. The van der Waals surface area contributed by atoms with Gasteiger partial charge in [0.1, 0.15) is 6.54 Å². The summed E-state index contributed by atoms with van der Waals surface area (Å²) >= 11 is 3.24. The lowest BCUT2D eigenvalue weighted by molar-refractivity contribution is -0.116. The number of ketones is 1. The normalized spacial score (nSPS) is 10.4. The Morgan fingerprint density at radius 3 is 2.66 bits per heavy atom. The number of para-hydroxylation sites is 1. The molecule has 10 heteroatoms. The van der Waals surface area contributed by atoms with Crippen molar-refractivity contribution >= 4 is 44.5 Å². The minimum Gasteiger partial charge on any atom is -0.324 e. The van der Waals surface area contributed by atoms with Crippen LogP contribution in [0.5, 0.6) is 0 Å². The number of benzene rings is 1. The van der Waals surface area contributed by atoms with E-state index in [4.69, 9.17) is 0 Å². The van der Waals surface area contributed by atoms with Gasteiger partial charge in [-0.1, -0.05) is 18.1 Å². The van der Waals surface area contributed by atoms with Crippen molar-refractivity contribution in [3.8, 4) is 11.8 Å². The van der Waals surface area contributed by atoms with Crippen LogP contribution in [0.4, 0.5) is 5.69 Å². The van der Waals surface area contributed by atoms with Crippen LogP contribution >= 0.6 is 15.9 Å². The molecule has 0 bridgehead atoms. The van der Waals surface area contributed by atoms with Crippen molar-refractivity contribution in [3.63, 3.8) is 0 Å². The zero-order valence-corrected chi connectivity index (χ0v) is 17.2. The predicted octanol–water partition coefficient (Wildman–Crippen LogP) is 1.51. The molecule has 1 amide bonds. The Morgan fingerprint density at radius 1 is 1.24 bits per heavy atom. The van der Waals surface area contributed by atoms with Crippen molar-refractivity contribution in [2.24, 2.45) is 0 Å². The number of hydrogen-bond acceptors (Lipinski definition) is 5. The summed E-state index contributed by atoms with van der Waals surface area (Å²) in [5.41, 5.74) is -0.579. The van der Waals surface area contributed by atoms with Gasteiger partial charge in [0.05, 0.1) is 12.2 Å². The molecular weight excluding hydrogens is 442 g/mol. The number of carbonyl (C=O) groups is 2. The van der Waals surface area contributed by atoms with E-state index >= 15 is 0 Å². The average Bonchev–Trinajstić information content (AvgIpc) is 2.98. The Kier molecular flexibility index (Phi) is 5.79. The average molecular weight is 458 g/mol. The van der Waals surface area contributed by atoms with Crippen LogP contribution in [0, 0.1) is 11.8 Å². The van der Waals surface area contributed by atoms with Gasteiger partial charge in [-0.15, -0.1) is 5.92 Å². The molecule has 0 spiro atoms. The van der Waals surface area contributed by atoms with Crippen molar-refractivity contribution in [3.05, 3.63) is 55.4 Å². The number of rotatable bonds is 5. The molecule has 3 rings (SSSR count). The fourth-order valence-corrected chi connectivity index (χ4v) is 3.28. The Labute approximate surface area is 172 Å². The summed E-state index contributed by atoms with van der Waals surface area (Å²) in [7, 11) is 0. The van der Waals surface area contributed by atoms with Crippen LogP contribution < -0.4 is 16.6 Å². The number of halogens is 1. The summed E-state index contributed by atoms with van der Waals surface area (Å²) in [5.74, 6) is 4.71. The van der Waals surface area contributed by atoms with Crippen LogP contribution in [-0.2, 0) is 17.9 Å². The summed E-state index contributed by atoms with van der Waals surface area (Å²) < 4.78 is 2.61. The first-order valence-corrected chi connectivity index (χ1v) is 9.31. The smallest absolute Gasteiger partial charge is 0.324 e. The number of carbonyl (C=O) groups excluding carboxylic acids is 2. The molecule has 2 heterocycles. The predicted molar refractivity (Wildman–Crippen MR) is 111 cm³/mol. The second kappa shape index (κ2) is 8.28. The maximum absolute atomic E-state index is 12.9. The largest absolute Gasteiger partial charge is 0.330 e. The van der Waals surface area contributed by atoms with E-state index in [-0.39, 0.29) is 23.5 Å². The fourth-order valence-electron chi connectivity index (χ4n) is 2.80. The second-order valence-electron chi connectivity index (χ2n) is 6.06. The molecular formula is C19H16BrN5O4. The minimum atomic E-state index is -0.767. The topological polar surface area (TPSA) is 119 Å². The van der Waals surface area contributed by atoms with Gasteiger partial charge in [-0.2, -0.15) is 0 Å². The van der Waals surface area contributed by atoms with E-state index in [9.17, 15) is 19.2 Å². The first-order valence-electron chi connectivity index (χ1n) is 8.51. The summed E-state index contributed by atoms with van der Waals surface area (Å²) in [6, 6.07) is 6.49. The van der Waals surface area contributed by atoms with E-state index in [1.807, 2.05) is 0 Å². The molecule has 148 valence electrons. The van der Waals surface area contributed by atoms with Gasteiger partial charge >= 0.3 is 5.69 Å². The summed E-state index contributed by atoms with van der Waals surface area (Å²) in [6.45, 7) is 2.70. The summed E-state index contributed by atoms with van der Waals surface area (Å²) in [4.78, 5) is 56.0. The standard InChI is InChI=1S/C19H16BrN5O4/c1-3-4-9-24-15-16(22-18(24)20)23-19(29)25(17(15)28)10-14(27)21-13-8-6-5-7-12(13)11(2)26/h5-8H,9-10H2,1-2H3,(H,21,27)(H,23,29). The van der Waals surface area contributed by atoms with Crippen LogP contribution in [0.3, 0.4) is 0 Å². The highest BCUT2D eigenvalue weighted by Gasteiger charge is 2.18. The van der Waals surface area contributed by atoms with E-state index in [1.54, 1.807) is 31.2 Å². The molecule has 2 aromatic heterocycles. The number of amides is 1. The van der Waals surface area contributed by atoms with E-state index < -0.39 is 23.7 Å². The minimum absolute atomic E-state index is 0.100. The number of aromatic nitrogens is 4. The summed E-state index contributed by atoms with van der Waals surface area (Å²) in [6.07, 6.45) is 0. The van der Waals surface area contributed by atoms with Crippen LogP contribution in [0.1, 0.15) is 24.2 Å². The lowest BCUT2D eigenvalue weighted by atomic mass is 10.1. The number of nitrogens with zero attached hydrogens (tertiary/aromatic N) is 3. The Morgan fingerprint density at radius 2 is 1.97 bits per heavy atom. The van der Waals surface area contributed by atoms with E-state index in [2.05, 4.69) is 43.1 Å². The van der Waals surface area contributed by atoms with E-state index in [0.29, 0.717) is 16.0 Å². The van der Waals surface area contributed by atoms with Gasteiger partial charge < -0.3 is 9.88 Å². The Bertz CT molecular complexity index is 1310. The summed E-state index contributed by atoms with van der Waals surface area (Å²) in [5, 5.41) is 2.57. The second-order valence-corrected chi connectivity index (χ2v) is 6.77. The first kappa shape index (κ1) is 20.3. The molecule has 2 N–H and O–H groups in total. The van der Waals surface area contributed by atoms with Gasteiger partial charge in [-0.05, 0) is 41.9 Å². The molecule has 0 radical (unpaired) electrons. The zero-order chi connectivity index (χ0) is 21.1. The van der Waals surface area contributed by atoms with Gasteiger partial charge in [0.2, 0.25) is 5.91 Å². The molecule has 0 aliphatic heterocycles. The lowest BCUT2D eigenvalue weighted by Gasteiger charge is -2.10. The molecule has 29 heavy (non-hydrogen) atoms. The molecule has 0 unspecified atom stereocenters. The molecule has 0 fully saturated rings. The van der Waals surface area contributed by atoms with Crippen molar-refractivity contribution in [1.82, 2.24) is 19.1 Å². The molecule has 1 aromatic carbocycles. The molecule has 0 aliphatic carbocycles. The third-order valence-electron chi connectivity index (χ3n) is 4.14. The van der Waals surface area contributed by atoms with E-state index in [0.717, 1.165) is 4.57 Å². The van der Waals surface area contributed by atoms with Gasteiger partial charge in [0.25, 0.3) is 5.56 Å². The maximum atomic E-state index is 12.9. The number of H-pyrrole nitrogens is 1. The molecule has 3 aromatic rings. The van der Waals surface area contributed by atoms with Crippen LogP contribution in [-0.4, -0.2) is 30.8 Å². The molecule has 0 atom stereocenters. The van der Waals surface area contributed by atoms with Crippen molar-refractivity contribution in [1.29, 1.82) is 0 Å². The molecule has 0 saturated heterocycles. The zero-order valence-electron chi connectivity index (χ0n) is 15.6. The molecule has 0 aliphatic rings. The number of nitrogens with one attached hydrogen (secondary N) is 2. The van der Waals surface area contributed by atoms with Gasteiger partial charge in [0, 0.05) is 5.56 Å². The fraction of sp³-hybridized carbons (Fsp3) is 0.211. The number of Topliss-reactive ketones (excluding diaryl/α,β-unsaturated/α-hetero) is 1. The van der Waals surface area contributed by atoms with E-state index in [1.165, 1.54) is 11.5 Å². The van der Waals surface area contributed by atoms with Gasteiger partial charge in [0.15, 0.2) is 21.7 Å². The highest BCUT2D eigenvalue weighted by atomic mass is 79.9. The quantitative estimate of drug-likeness (QED) is 0.342. The van der Waals surface area contributed by atoms with Crippen LogP contribution in [0.25, 0.3) is 11.2 Å². The van der Waals surface area contributed by atoms with Gasteiger partial charge in [-0.25, -0.2) is 14.3 Å². The highest BCUT2D eigenvalue weighted by Crippen LogP contribution is 2.16. The van der Waals surface area contributed by atoms with Crippen molar-refractivity contribution in [2.75, 3.05) is 5.32 Å². The number of anilines is 1. The number of hydrogen-bond donors (Lipinski definition) is 2. The third kappa shape index (κ3) is 4.05.